The van der Waals surface area contributed by atoms with Crippen LogP contribution in [0.4, 0.5) is 5.69 Å². The summed E-state index contributed by atoms with van der Waals surface area (Å²) < 4.78 is 28.4. The van der Waals surface area contributed by atoms with Crippen LogP contribution in [0.15, 0.2) is 47.4 Å². The number of nitrogens with one attached hydrogen (secondary N) is 2. The van der Waals surface area contributed by atoms with Crippen LogP contribution in [-0.2, 0) is 10.0 Å². The first-order valence-electron chi connectivity index (χ1n) is 9.53. The fourth-order valence-electron chi connectivity index (χ4n) is 3.28. The standard InChI is InChI=1S/C22H31N3O3S/c1-16-8-7-9-19(12-16)24-29(27,28)20-13-18(11-10-17(20)2)21(26)23-14-22(3,4)15-25(5)6/h7-13,24H,14-15H2,1-6H3,(H,23,26). The number of hydrogen-bond donors (Lipinski definition) is 2. The Kier molecular flexibility index (Phi) is 7.08. The summed E-state index contributed by atoms with van der Waals surface area (Å²) in [7, 11) is 0.163. The van der Waals surface area contributed by atoms with E-state index in [1.165, 1.54) is 6.07 Å². The number of hydrogen-bond acceptors (Lipinski definition) is 4. The van der Waals surface area contributed by atoms with Crippen molar-refractivity contribution in [3.8, 4) is 0 Å². The minimum absolute atomic E-state index is 0.0965. The molecule has 0 aliphatic heterocycles. The number of amides is 1. The van der Waals surface area contributed by atoms with E-state index in [2.05, 4.69) is 28.8 Å². The monoisotopic (exact) mass is 417 g/mol. The summed E-state index contributed by atoms with van der Waals surface area (Å²) in [5.74, 6) is -0.288. The molecule has 2 aromatic rings. The number of carbonyl (C=O) groups excluding carboxylic acids is 1. The molecule has 0 radical (unpaired) electrons. The Morgan fingerprint density at radius 3 is 2.38 bits per heavy atom. The molecule has 0 aliphatic rings. The van der Waals surface area contributed by atoms with E-state index >= 15 is 0 Å². The number of rotatable bonds is 8. The highest BCUT2D eigenvalue weighted by molar-refractivity contribution is 7.92. The van der Waals surface area contributed by atoms with Crippen LogP contribution in [0.3, 0.4) is 0 Å². The van der Waals surface area contributed by atoms with Crippen molar-refractivity contribution < 1.29 is 13.2 Å². The van der Waals surface area contributed by atoms with Gasteiger partial charge < -0.3 is 10.2 Å². The molecular weight excluding hydrogens is 386 g/mol. The molecule has 2 rings (SSSR count). The molecule has 1 amide bonds. The van der Waals surface area contributed by atoms with E-state index in [4.69, 9.17) is 0 Å². The van der Waals surface area contributed by atoms with Crippen LogP contribution in [0.2, 0.25) is 0 Å². The molecule has 0 fully saturated rings. The van der Waals surface area contributed by atoms with Crippen LogP contribution in [0, 0.1) is 19.3 Å². The van der Waals surface area contributed by atoms with Crippen molar-refractivity contribution in [2.24, 2.45) is 5.41 Å². The minimum Gasteiger partial charge on any atom is -0.351 e. The number of anilines is 1. The maximum atomic E-state index is 12.9. The van der Waals surface area contributed by atoms with Gasteiger partial charge in [-0.05, 0) is 68.8 Å². The zero-order chi connectivity index (χ0) is 21.8. The van der Waals surface area contributed by atoms with E-state index in [-0.39, 0.29) is 16.2 Å². The second-order valence-electron chi connectivity index (χ2n) is 8.54. The van der Waals surface area contributed by atoms with Crippen molar-refractivity contribution in [3.63, 3.8) is 0 Å². The molecule has 2 N–H and O–H groups in total. The summed E-state index contributed by atoms with van der Waals surface area (Å²) in [4.78, 5) is 14.8. The van der Waals surface area contributed by atoms with E-state index in [1.54, 1.807) is 37.3 Å². The van der Waals surface area contributed by atoms with Crippen LogP contribution >= 0.6 is 0 Å². The minimum atomic E-state index is -3.81. The average molecular weight is 418 g/mol. The summed E-state index contributed by atoms with van der Waals surface area (Å²) >= 11 is 0. The summed E-state index contributed by atoms with van der Waals surface area (Å²) in [6.45, 7) is 9.06. The maximum absolute atomic E-state index is 12.9. The third-order valence-corrected chi connectivity index (χ3v) is 6.01. The third-order valence-electron chi connectivity index (χ3n) is 4.48. The van der Waals surface area contributed by atoms with E-state index in [0.717, 1.165) is 12.1 Å². The van der Waals surface area contributed by atoms with Crippen molar-refractivity contribution in [1.82, 2.24) is 10.2 Å². The van der Waals surface area contributed by atoms with Crippen LogP contribution in [-0.4, -0.2) is 46.4 Å². The van der Waals surface area contributed by atoms with Gasteiger partial charge in [0.2, 0.25) is 0 Å². The van der Waals surface area contributed by atoms with Crippen LogP contribution in [0.5, 0.6) is 0 Å². The molecule has 0 bridgehead atoms. The van der Waals surface area contributed by atoms with Gasteiger partial charge >= 0.3 is 0 Å². The zero-order valence-electron chi connectivity index (χ0n) is 18.0. The zero-order valence-corrected chi connectivity index (χ0v) is 18.9. The predicted molar refractivity (Wildman–Crippen MR) is 118 cm³/mol. The van der Waals surface area contributed by atoms with Gasteiger partial charge in [0.1, 0.15) is 0 Å². The highest BCUT2D eigenvalue weighted by atomic mass is 32.2. The van der Waals surface area contributed by atoms with Gasteiger partial charge in [0, 0.05) is 24.3 Å². The first-order chi connectivity index (χ1) is 13.4. The normalized spacial score (nSPS) is 12.1. The molecule has 6 nitrogen and oxygen atoms in total. The lowest BCUT2D eigenvalue weighted by molar-refractivity contribution is 0.0929. The molecular formula is C22H31N3O3S. The molecule has 158 valence electrons. The lowest BCUT2D eigenvalue weighted by atomic mass is 9.93. The van der Waals surface area contributed by atoms with Gasteiger partial charge in [-0.15, -0.1) is 0 Å². The molecule has 29 heavy (non-hydrogen) atoms. The molecule has 0 heterocycles. The number of nitrogens with zero attached hydrogens (tertiary/aromatic N) is 1. The fourth-order valence-corrected chi connectivity index (χ4v) is 4.60. The largest absolute Gasteiger partial charge is 0.351 e. The van der Waals surface area contributed by atoms with E-state index in [9.17, 15) is 13.2 Å². The highest BCUT2D eigenvalue weighted by Gasteiger charge is 2.22. The predicted octanol–water partition coefficient (Wildman–Crippen LogP) is 3.42. The van der Waals surface area contributed by atoms with Gasteiger partial charge in [-0.1, -0.05) is 32.0 Å². The number of carbonyl (C=O) groups is 1. The SMILES string of the molecule is Cc1cccc(NS(=O)(=O)c2cc(C(=O)NCC(C)(C)CN(C)C)ccc2C)c1. The topological polar surface area (TPSA) is 78.5 Å². The Balaban J connectivity index is 2.21. The molecule has 0 unspecified atom stereocenters. The smallest absolute Gasteiger partial charge is 0.262 e. The van der Waals surface area contributed by atoms with Crippen molar-refractivity contribution in [3.05, 3.63) is 59.2 Å². The van der Waals surface area contributed by atoms with E-state index in [1.807, 2.05) is 27.1 Å². The number of benzene rings is 2. The lowest BCUT2D eigenvalue weighted by Gasteiger charge is -2.28. The molecule has 7 heteroatoms. The fraction of sp³-hybridized carbons (Fsp3) is 0.409. The molecule has 0 aromatic heterocycles. The van der Waals surface area contributed by atoms with Crippen LogP contribution in [0.25, 0.3) is 0 Å². The number of aryl methyl sites for hydroxylation is 2. The van der Waals surface area contributed by atoms with E-state index < -0.39 is 10.0 Å². The molecule has 0 spiro atoms. The lowest BCUT2D eigenvalue weighted by Crippen LogP contribution is -2.40. The maximum Gasteiger partial charge on any atom is 0.262 e. The van der Waals surface area contributed by atoms with Gasteiger partial charge in [0.05, 0.1) is 4.90 Å². The number of sulfonamides is 1. The summed E-state index contributed by atoms with van der Waals surface area (Å²) in [5, 5.41) is 2.92. The average Bonchev–Trinajstić information content (AvgIpc) is 2.58. The Bertz CT molecular complexity index is 983. The molecule has 0 saturated carbocycles. The van der Waals surface area contributed by atoms with Crippen molar-refractivity contribution in [1.29, 1.82) is 0 Å². The van der Waals surface area contributed by atoms with Crippen molar-refractivity contribution >= 4 is 21.6 Å². The summed E-state index contributed by atoms with van der Waals surface area (Å²) in [6, 6.07) is 11.9. The van der Waals surface area contributed by atoms with Crippen molar-refractivity contribution in [2.75, 3.05) is 31.9 Å². The summed E-state index contributed by atoms with van der Waals surface area (Å²) in [5.41, 5.74) is 2.24. The van der Waals surface area contributed by atoms with Gasteiger partial charge in [0.25, 0.3) is 15.9 Å². The molecule has 0 atom stereocenters. The van der Waals surface area contributed by atoms with Crippen molar-refractivity contribution in [2.45, 2.75) is 32.6 Å². The Morgan fingerprint density at radius 1 is 1.07 bits per heavy atom. The van der Waals surface area contributed by atoms with Crippen LogP contribution in [0.1, 0.15) is 35.3 Å². The highest BCUT2D eigenvalue weighted by Crippen LogP contribution is 2.22. The van der Waals surface area contributed by atoms with E-state index in [0.29, 0.717) is 23.4 Å². The van der Waals surface area contributed by atoms with Gasteiger partial charge in [-0.2, -0.15) is 0 Å². The third kappa shape index (κ3) is 6.58. The first kappa shape index (κ1) is 22.9. The second-order valence-corrected chi connectivity index (χ2v) is 10.2. The summed E-state index contributed by atoms with van der Waals surface area (Å²) in [6.07, 6.45) is 0. The Hall–Kier alpha value is -2.38. The Labute approximate surface area is 174 Å². The van der Waals surface area contributed by atoms with Gasteiger partial charge in [0.15, 0.2) is 0 Å². The second kappa shape index (κ2) is 8.97. The molecule has 0 aliphatic carbocycles. The molecule has 2 aromatic carbocycles. The quantitative estimate of drug-likeness (QED) is 0.690. The van der Waals surface area contributed by atoms with Gasteiger partial charge in [-0.25, -0.2) is 8.42 Å². The van der Waals surface area contributed by atoms with Gasteiger partial charge in [-0.3, -0.25) is 9.52 Å². The van der Waals surface area contributed by atoms with Crippen LogP contribution < -0.4 is 10.0 Å². The Morgan fingerprint density at radius 2 is 1.76 bits per heavy atom. The molecule has 0 saturated heterocycles. The first-order valence-corrected chi connectivity index (χ1v) is 11.0.